The van der Waals surface area contributed by atoms with Crippen LogP contribution in [0, 0.1) is 13.8 Å². The van der Waals surface area contributed by atoms with Crippen LogP contribution in [0.3, 0.4) is 0 Å². The maximum atomic E-state index is 11.9. The highest BCUT2D eigenvalue weighted by atomic mass is 79.9. The minimum atomic E-state index is -1.08. The molecule has 0 fully saturated rings. The Hall–Kier alpha value is -3.10. The van der Waals surface area contributed by atoms with Gasteiger partial charge in [0.1, 0.15) is 5.75 Å². The molecule has 0 aliphatic rings. The van der Waals surface area contributed by atoms with Gasteiger partial charge in [-0.05, 0) is 62.4 Å². The molecule has 0 radical (unpaired) electrons. The number of carbonyl (C=O) groups is 2. The monoisotopic (exact) mass is 503 g/mol. The van der Waals surface area contributed by atoms with Crippen molar-refractivity contribution in [3.8, 4) is 11.4 Å². The number of nitrogens with zero attached hydrogens (tertiary/aromatic N) is 2. The molecule has 0 atom stereocenters. The fraction of sp³-hybridized carbons (Fsp3) is 0.136. The zero-order valence-electron chi connectivity index (χ0n) is 16.7. The minimum Gasteiger partial charge on any atom is -0.484 e. The Bertz CT molecular complexity index is 1160. The summed E-state index contributed by atoms with van der Waals surface area (Å²) in [4.78, 5) is 23.1. The summed E-state index contributed by atoms with van der Waals surface area (Å²) in [5, 5.41) is 13.3. The molecule has 9 heteroatoms. The average Bonchev–Trinajstić information content (AvgIpc) is 3.00. The van der Waals surface area contributed by atoms with Gasteiger partial charge in [-0.15, -0.1) is 0 Å². The Morgan fingerprint density at radius 3 is 2.55 bits per heavy atom. The number of benzene rings is 2. The highest BCUT2D eigenvalue weighted by Gasteiger charge is 2.13. The lowest BCUT2D eigenvalue weighted by molar-refractivity contribution is -0.123. The predicted molar refractivity (Wildman–Crippen MR) is 123 cm³/mol. The van der Waals surface area contributed by atoms with E-state index >= 15 is 0 Å². The summed E-state index contributed by atoms with van der Waals surface area (Å²) in [5.41, 5.74) is 5.78. The quantitative estimate of drug-likeness (QED) is 0.359. The van der Waals surface area contributed by atoms with Gasteiger partial charge < -0.3 is 14.4 Å². The number of nitrogens with one attached hydrogen (secondary N) is 1. The molecule has 0 bridgehead atoms. The van der Waals surface area contributed by atoms with Gasteiger partial charge in [-0.25, -0.2) is 10.2 Å². The summed E-state index contributed by atoms with van der Waals surface area (Å²) in [5.74, 6) is -0.882. The van der Waals surface area contributed by atoms with Crippen LogP contribution >= 0.6 is 27.5 Å². The topological polar surface area (TPSA) is 92.9 Å². The Kier molecular flexibility index (Phi) is 7.14. The van der Waals surface area contributed by atoms with Crippen molar-refractivity contribution in [2.45, 2.75) is 13.8 Å². The number of ether oxygens (including phenoxy) is 1. The zero-order chi connectivity index (χ0) is 22.5. The first-order chi connectivity index (χ1) is 14.8. The van der Waals surface area contributed by atoms with Gasteiger partial charge in [0.2, 0.25) is 0 Å². The third kappa shape index (κ3) is 5.53. The largest absolute Gasteiger partial charge is 0.484 e. The number of hydrogen-bond donors (Lipinski definition) is 2. The normalized spacial score (nSPS) is 11.0. The number of hydrazone groups is 1. The maximum absolute atomic E-state index is 11.9. The van der Waals surface area contributed by atoms with Gasteiger partial charge in [-0.2, -0.15) is 5.10 Å². The fourth-order valence-electron chi connectivity index (χ4n) is 3.02. The van der Waals surface area contributed by atoms with E-state index in [0.29, 0.717) is 5.75 Å². The standard InChI is InChI=1S/C22H19BrClN3O4/c1-13-9-15(11-25-26-21(28)12-31-18-6-3-16(23)4-7-18)14(2)27(13)17-5-8-19(22(29)30)20(24)10-17/h3-11H,12H2,1-2H3,(H,26,28)(H,29,30)/b25-11-. The van der Waals surface area contributed by atoms with Crippen molar-refractivity contribution in [1.29, 1.82) is 0 Å². The molecule has 2 N–H and O–H groups in total. The second-order valence-corrected chi connectivity index (χ2v) is 7.99. The number of rotatable bonds is 7. The smallest absolute Gasteiger partial charge is 0.337 e. The highest BCUT2D eigenvalue weighted by Crippen LogP contribution is 2.25. The lowest BCUT2D eigenvalue weighted by Crippen LogP contribution is -2.24. The number of aryl methyl sites for hydroxylation is 1. The average molecular weight is 505 g/mol. The minimum absolute atomic E-state index is 0.0442. The second-order valence-electron chi connectivity index (χ2n) is 6.67. The van der Waals surface area contributed by atoms with Gasteiger partial charge in [0.25, 0.3) is 5.91 Å². The Labute approximate surface area is 192 Å². The van der Waals surface area contributed by atoms with Gasteiger partial charge in [0.15, 0.2) is 6.61 Å². The van der Waals surface area contributed by atoms with Crippen LogP contribution in [0.25, 0.3) is 5.69 Å². The molecule has 1 heterocycles. The van der Waals surface area contributed by atoms with Crippen LogP contribution in [0.15, 0.2) is 58.1 Å². The van der Waals surface area contributed by atoms with Crippen LogP contribution in [0.2, 0.25) is 5.02 Å². The number of aromatic carboxylic acids is 1. The summed E-state index contributed by atoms with van der Waals surface area (Å²) in [6.07, 6.45) is 1.55. The molecule has 1 amide bonds. The summed E-state index contributed by atoms with van der Waals surface area (Å²) >= 11 is 9.44. The first-order valence-corrected chi connectivity index (χ1v) is 10.4. The van der Waals surface area contributed by atoms with E-state index in [9.17, 15) is 9.59 Å². The molecule has 7 nitrogen and oxygen atoms in total. The van der Waals surface area contributed by atoms with Crippen LogP contribution in [0.1, 0.15) is 27.3 Å². The number of carboxylic acid groups (broad SMARTS) is 1. The fourth-order valence-corrected chi connectivity index (χ4v) is 3.54. The van der Waals surface area contributed by atoms with Crippen molar-refractivity contribution in [3.63, 3.8) is 0 Å². The first kappa shape index (κ1) is 22.6. The van der Waals surface area contributed by atoms with Crippen molar-refractivity contribution in [2.24, 2.45) is 5.10 Å². The third-order valence-corrected chi connectivity index (χ3v) is 5.33. The summed E-state index contributed by atoms with van der Waals surface area (Å²) in [6, 6.07) is 13.8. The molecular formula is C22H19BrClN3O4. The molecule has 0 saturated heterocycles. The SMILES string of the molecule is Cc1cc(/C=N\NC(=O)COc2ccc(Br)cc2)c(C)n1-c1ccc(C(=O)O)c(Cl)c1. The van der Waals surface area contributed by atoms with Crippen molar-refractivity contribution in [2.75, 3.05) is 6.61 Å². The molecule has 0 unspecified atom stereocenters. The molecule has 1 aromatic heterocycles. The van der Waals surface area contributed by atoms with Crippen LogP contribution in [0.5, 0.6) is 5.75 Å². The van der Waals surface area contributed by atoms with Gasteiger partial charge in [0.05, 0.1) is 16.8 Å². The van der Waals surface area contributed by atoms with E-state index in [2.05, 4.69) is 26.5 Å². The molecule has 0 saturated carbocycles. The number of carboxylic acids is 1. The van der Waals surface area contributed by atoms with Crippen LogP contribution in [-0.4, -0.2) is 34.4 Å². The summed E-state index contributed by atoms with van der Waals surface area (Å²) < 4.78 is 8.25. The Morgan fingerprint density at radius 1 is 1.19 bits per heavy atom. The lowest BCUT2D eigenvalue weighted by atomic mass is 10.2. The lowest BCUT2D eigenvalue weighted by Gasteiger charge is -2.11. The molecular weight excluding hydrogens is 486 g/mol. The van der Waals surface area contributed by atoms with Crippen molar-refractivity contribution >= 4 is 45.6 Å². The van der Waals surface area contributed by atoms with E-state index in [0.717, 1.165) is 27.1 Å². The summed E-state index contributed by atoms with van der Waals surface area (Å²) in [6.45, 7) is 3.65. The highest BCUT2D eigenvalue weighted by molar-refractivity contribution is 9.10. The van der Waals surface area contributed by atoms with Crippen LogP contribution in [-0.2, 0) is 4.79 Å². The van der Waals surface area contributed by atoms with Gasteiger partial charge >= 0.3 is 5.97 Å². The molecule has 3 aromatic rings. The number of aromatic nitrogens is 1. The van der Waals surface area contributed by atoms with Crippen molar-refractivity contribution in [3.05, 3.63) is 80.5 Å². The van der Waals surface area contributed by atoms with E-state index < -0.39 is 5.97 Å². The predicted octanol–water partition coefficient (Wildman–Crippen LogP) is 4.74. The molecule has 0 aliphatic heterocycles. The molecule has 160 valence electrons. The molecule has 0 aliphatic carbocycles. The zero-order valence-corrected chi connectivity index (χ0v) is 19.1. The van der Waals surface area contributed by atoms with Gasteiger partial charge in [0, 0.05) is 27.1 Å². The number of hydrogen-bond acceptors (Lipinski definition) is 4. The number of carbonyl (C=O) groups excluding carboxylic acids is 1. The third-order valence-electron chi connectivity index (χ3n) is 4.49. The van der Waals surface area contributed by atoms with Gasteiger partial charge in [-0.1, -0.05) is 27.5 Å². The molecule has 3 rings (SSSR count). The first-order valence-electron chi connectivity index (χ1n) is 9.18. The molecule has 2 aromatic carbocycles. The maximum Gasteiger partial charge on any atom is 0.337 e. The van der Waals surface area contributed by atoms with Gasteiger partial charge in [-0.3, -0.25) is 4.79 Å². The Morgan fingerprint density at radius 2 is 1.90 bits per heavy atom. The number of amides is 1. The van der Waals surface area contributed by atoms with Crippen LogP contribution < -0.4 is 10.2 Å². The van der Waals surface area contributed by atoms with Crippen LogP contribution in [0.4, 0.5) is 0 Å². The van der Waals surface area contributed by atoms with E-state index in [1.807, 2.05) is 36.6 Å². The summed E-state index contributed by atoms with van der Waals surface area (Å²) in [7, 11) is 0. The molecule has 0 spiro atoms. The number of halogens is 2. The molecule has 31 heavy (non-hydrogen) atoms. The van der Waals surface area contributed by atoms with Crippen molar-refractivity contribution in [1.82, 2.24) is 9.99 Å². The Balaban J connectivity index is 1.67. The van der Waals surface area contributed by atoms with E-state index in [4.69, 9.17) is 21.4 Å². The van der Waals surface area contributed by atoms with E-state index in [-0.39, 0.29) is 23.1 Å². The second kappa shape index (κ2) is 9.80. The van der Waals surface area contributed by atoms with Crippen molar-refractivity contribution < 1.29 is 19.4 Å². The van der Waals surface area contributed by atoms with E-state index in [1.54, 1.807) is 30.5 Å². The van der Waals surface area contributed by atoms with E-state index in [1.165, 1.54) is 6.07 Å².